The van der Waals surface area contributed by atoms with Gasteiger partial charge in [0.1, 0.15) is 5.75 Å². The number of sulfonamides is 1. The SMILES string of the molecule is CC1CN(CC2CCN(C(=O)CS(=O)(=O)Nc3ccc(N4CCCCC4)cc3)CC2)CC(C)O1. The molecule has 9 heteroatoms. The molecule has 0 aromatic heterocycles. The van der Waals surface area contributed by atoms with Crippen LogP contribution < -0.4 is 9.62 Å². The van der Waals surface area contributed by atoms with Crippen LogP contribution in [0.5, 0.6) is 0 Å². The average molecular weight is 493 g/mol. The maximum absolute atomic E-state index is 12.7. The molecule has 3 heterocycles. The van der Waals surface area contributed by atoms with E-state index in [1.807, 2.05) is 12.1 Å². The lowest BCUT2D eigenvalue weighted by Crippen LogP contribution is -2.49. The van der Waals surface area contributed by atoms with Crippen LogP contribution in [0.3, 0.4) is 0 Å². The molecule has 1 aromatic rings. The molecule has 8 nitrogen and oxygen atoms in total. The Morgan fingerprint density at radius 1 is 0.971 bits per heavy atom. The molecule has 0 spiro atoms. The first kappa shape index (κ1) is 25.3. The highest BCUT2D eigenvalue weighted by atomic mass is 32.2. The first-order chi connectivity index (χ1) is 16.3. The second kappa shape index (κ2) is 11.3. The van der Waals surface area contributed by atoms with E-state index in [2.05, 4.69) is 28.4 Å². The Bertz CT molecular complexity index is 899. The number of nitrogens with zero attached hydrogens (tertiary/aromatic N) is 3. The maximum Gasteiger partial charge on any atom is 0.241 e. The van der Waals surface area contributed by atoms with Crippen LogP contribution in [0, 0.1) is 5.92 Å². The van der Waals surface area contributed by atoms with Crippen LogP contribution >= 0.6 is 0 Å². The fourth-order valence-corrected chi connectivity index (χ4v) is 6.60. The third-order valence-corrected chi connectivity index (χ3v) is 8.33. The molecule has 3 aliphatic heterocycles. The number of benzene rings is 1. The molecule has 4 rings (SSSR count). The zero-order valence-corrected chi connectivity index (χ0v) is 21.4. The highest BCUT2D eigenvalue weighted by Gasteiger charge is 2.29. The van der Waals surface area contributed by atoms with Crippen LogP contribution in [0.4, 0.5) is 11.4 Å². The Hall–Kier alpha value is -1.84. The molecule has 190 valence electrons. The van der Waals surface area contributed by atoms with E-state index in [4.69, 9.17) is 4.74 Å². The van der Waals surface area contributed by atoms with E-state index in [-0.39, 0.29) is 18.1 Å². The lowest BCUT2D eigenvalue weighted by atomic mass is 9.95. The Morgan fingerprint density at radius 3 is 2.21 bits per heavy atom. The molecule has 0 radical (unpaired) electrons. The molecule has 1 N–H and O–H groups in total. The van der Waals surface area contributed by atoms with E-state index in [0.717, 1.165) is 51.3 Å². The summed E-state index contributed by atoms with van der Waals surface area (Å²) in [6.45, 7) is 10.5. The minimum atomic E-state index is -3.75. The van der Waals surface area contributed by atoms with Gasteiger partial charge in [0, 0.05) is 57.2 Å². The van der Waals surface area contributed by atoms with Crippen molar-refractivity contribution in [3.05, 3.63) is 24.3 Å². The molecule has 0 aliphatic carbocycles. The Kier molecular flexibility index (Phi) is 8.37. The molecule has 1 amide bonds. The van der Waals surface area contributed by atoms with Gasteiger partial charge in [-0.2, -0.15) is 0 Å². The number of hydrogen-bond acceptors (Lipinski definition) is 6. The molecule has 0 bridgehead atoms. The fraction of sp³-hybridized carbons (Fsp3) is 0.720. The number of carbonyl (C=O) groups is 1. The summed E-state index contributed by atoms with van der Waals surface area (Å²) < 4.78 is 33.7. The van der Waals surface area contributed by atoms with E-state index in [1.165, 1.54) is 19.3 Å². The van der Waals surface area contributed by atoms with Crippen LogP contribution in [-0.2, 0) is 19.6 Å². The van der Waals surface area contributed by atoms with E-state index < -0.39 is 15.8 Å². The third kappa shape index (κ3) is 7.09. The van der Waals surface area contributed by atoms with Crippen LogP contribution in [0.25, 0.3) is 0 Å². The molecule has 0 saturated carbocycles. The standard InChI is InChI=1S/C25H40N4O4S/c1-20-16-27(17-21(2)33-20)18-22-10-14-29(15-11-22)25(30)19-34(31,32)26-23-6-8-24(9-7-23)28-12-4-3-5-13-28/h6-9,20-22,26H,3-5,10-19H2,1-2H3. The van der Waals surface area contributed by atoms with E-state index >= 15 is 0 Å². The zero-order valence-electron chi connectivity index (χ0n) is 20.6. The van der Waals surface area contributed by atoms with Gasteiger partial charge in [-0.15, -0.1) is 0 Å². The van der Waals surface area contributed by atoms with Gasteiger partial charge in [-0.25, -0.2) is 8.42 Å². The van der Waals surface area contributed by atoms with Gasteiger partial charge in [0.05, 0.1) is 12.2 Å². The maximum atomic E-state index is 12.7. The predicted octanol–water partition coefficient (Wildman–Crippen LogP) is 2.77. The molecule has 3 saturated heterocycles. The molecule has 34 heavy (non-hydrogen) atoms. The van der Waals surface area contributed by atoms with Crippen molar-refractivity contribution in [3.63, 3.8) is 0 Å². The van der Waals surface area contributed by atoms with Crippen LogP contribution in [0.1, 0.15) is 46.0 Å². The largest absolute Gasteiger partial charge is 0.373 e. The van der Waals surface area contributed by atoms with Gasteiger partial charge in [0.25, 0.3) is 0 Å². The summed E-state index contributed by atoms with van der Waals surface area (Å²) in [6, 6.07) is 7.47. The van der Waals surface area contributed by atoms with E-state index in [1.54, 1.807) is 17.0 Å². The summed E-state index contributed by atoms with van der Waals surface area (Å²) in [5.74, 6) is -0.288. The van der Waals surface area contributed by atoms with Crippen LogP contribution in [0.2, 0.25) is 0 Å². The molecule has 1 aromatic carbocycles. The molecular weight excluding hydrogens is 452 g/mol. The number of carbonyl (C=O) groups excluding carboxylic acids is 1. The lowest BCUT2D eigenvalue weighted by Gasteiger charge is -2.39. The van der Waals surface area contributed by atoms with Crippen molar-refractivity contribution in [2.24, 2.45) is 5.92 Å². The summed E-state index contributed by atoms with van der Waals surface area (Å²) in [4.78, 5) is 19.2. The number of likely N-dealkylation sites (tertiary alicyclic amines) is 1. The number of amides is 1. The van der Waals surface area contributed by atoms with Gasteiger partial charge in [0.2, 0.25) is 15.9 Å². The second-order valence-corrected chi connectivity index (χ2v) is 12.0. The lowest BCUT2D eigenvalue weighted by molar-refractivity contribution is -0.130. The number of nitrogens with one attached hydrogen (secondary N) is 1. The minimum absolute atomic E-state index is 0.254. The van der Waals surface area contributed by atoms with Gasteiger partial charge < -0.3 is 14.5 Å². The zero-order chi connectivity index (χ0) is 24.1. The van der Waals surface area contributed by atoms with Crippen molar-refractivity contribution in [2.45, 2.75) is 58.2 Å². The summed E-state index contributed by atoms with van der Waals surface area (Å²) in [5, 5.41) is 0. The van der Waals surface area contributed by atoms with Gasteiger partial charge in [-0.1, -0.05) is 0 Å². The van der Waals surface area contributed by atoms with Crippen molar-refractivity contribution >= 4 is 27.3 Å². The highest BCUT2D eigenvalue weighted by Crippen LogP contribution is 2.23. The smallest absolute Gasteiger partial charge is 0.241 e. The number of hydrogen-bond donors (Lipinski definition) is 1. The van der Waals surface area contributed by atoms with Crippen molar-refractivity contribution in [2.75, 3.05) is 61.2 Å². The third-order valence-electron chi connectivity index (χ3n) is 7.15. The van der Waals surface area contributed by atoms with E-state index in [0.29, 0.717) is 24.7 Å². The summed E-state index contributed by atoms with van der Waals surface area (Å²) in [5.41, 5.74) is 1.61. The van der Waals surface area contributed by atoms with Crippen molar-refractivity contribution in [1.82, 2.24) is 9.80 Å². The van der Waals surface area contributed by atoms with Gasteiger partial charge in [-0.3, -0.25) is 14.4 Å². The number of rotatable bonds is 7. The Balaban J connectivity index is 1.22. The second-order valence-electron chi connectivity index (χ2n) is 10.3. The number of morpholine rings is 1. The molecular formula is C25H40N4O4S. The number of piperidine rings is 2. The Labute approximate surface area is 204 Å². The number of ether oxygens (including phenoxy) is 1. The van der Waals surface area contributed by atoms with Gasteiger partial charge in [-0.05, 0) is 76.1 Å². The molecule has 3 fully saturated rings. The first-order valence-electron chi connectivity index (χ1n) is 12.8. The van der Waals surface area contributed by atoms with Gasteiger partial charge in [0.15, 0.2) is 0 Å². The molecule has 3 aliphatic rings. The highest BCUT2D eigenvalue weighted by molar-refractivity contribution is 7.93. The molecule has 2 atom stereocenters. The molecule has 2 unspecified atom stereocenters. The predicted molar refractivity (Wildman–Crippen MR) is 136 cm³/mol. The number of anilines is 2. The fourth-order valence-electron chi connectivity index (χ4n) is 5.53. The summed E-state index contributed by atoms with van der Waals surface area (Å²) >= 11 is 0. The van der Waals surface area contributed by atoms with Gasteiger partial charge >= 0.3 is 0 Å². The van der Waals surface area contributed by atoms with Crippen LogP contribution in [0.15, 0.2) is 24.3 Å². The monoisotopic (exact) mass is 492 g/mol. The topological polar surface area (TPSA) is 82.2 Å². The van der Waals surface area contributed by atoms with Crippen molar-refractivity contribution in [3.8, 4) is 0 Å². The minimum Gasteiger partial charge on any atom is -0.373 e. The van der Waals surface area contributed by atoms with Crippen molar-refractivity contribution in [1.29, 1.82) is 0 Å². The first-order valence-corrected chi connectivity index (χ1v) is 14.4. The van der Waals surface area contributed by atoms with E-state index in [9.17, 15) is 13.2 Å². The normalized spacial score (nSPS) is 25.4. The average Bonchev–Trinajstić information content (AvgIpc) is 2.79. The Morgan fingerprint density at radius 2 is 1.59 bits per heavy atom. The van der Waals surface area contributed by atoms with Crippen molar-refractivity contribution < 1.29 is 17.9 Å². The summed E-state index contributed by atoms with van der Waals surface area (Å²) in [7, 11) is -3.75. The quantitative estimate of drug-likeness (QED) is 0.630. The summed E-state index contributed by atoms with van der Waals surface area (Å²) in [6.07, 6.45) is 5.99. The van der Waals surface area contributed by atoms with Crippen LogP contribution in [-0.4, -0.2) is 87.9 Å².